The molecule has 1 aromatic heterocycles. The van der Waals surface area contributed by atoms with E-state index in [0.29, 0.717) is 12.3 Å². The van der Waals surface area contributed by atoms with Crippen molar-refractivity contribution in [3.63, 3.8) is 0 Å². The largest absolute Gasteiger partial charge is 0.494 e. The Hall–Kier alpha value is -2.43. The first-order valence-corrected chi connectivity index (χ1v) is 6.38. The molecule has 0 N–H and O–H groups in total. The second kappa shape index (κ2) is 6.65. The Bertz CT molecular complexity index is 582. The summed E-state index contributed by atoms with van der Waals surface area (Å²) in [6, 6.07) is 7.51. The molecule has 0 aliphatic heterocycles. The van der Waals surface area contributed by atoms with Crippen molar-refractivity contribution in [2.24, 2.45) is 0 Å². The Morgan fingerprint density at radius 3 is 2.60 bits per heavy atom. The maximum atomic E-state index is 11.4. The van der Waals surface area contributed by atoms with Gasteiger partial charge in [-0.05, 0) is 30.7 Å². The van der Waals surface area contributed by atoms with Crippen molar-refractivity contribution >= 4 is 5.97 Å². The van der Waals surface area contributed by atoms with Gasteiger partial charge in [-0.25, -0.2) is 9.78 Å². The van der Waals surface area contributed by atoms with Gasteiger partial charge >= 0.3 is 5.97 Å². The van der Waals surface area contributed by atoms with Crippen LogP contribution in [0.4, 0.5) is 0 Å². The summed E-state index contributed by atoms with van der Waals surface area (Å²) in [4.78, 5) is 19.7. The van der Waals surface area contributed by atoms with Crippen LogP contribution < -0.4 is 4.74 Å². The van der Waals surface area contributed by atoms with E-state index in [0.717, 1.165) is 17.7 Å². The molecule has 0 aliphatic rings. The fourth-order valence-electron chi connectivity index (χ4n) is 1.65. The van der Waals surface area contributed by atoms with Crippen molar-refractivity contribution in [2.75, 3.05) is 13.7 Å². The molecule has 0 bridgehead atoms. The van der Waals surface area contributed by atoms with Crippen molar-refractivity contribution in [1.82, 2.24) is 9.97 Å². The average Bonchev–Trinajstić information content (AvgIpc) is 2.52. The van der Waals surface area contributed by atoms with Gasteiger partial charge in [-0.2, -0.15) is 0 Å². The van der Waals surface area contributed by atoms with Gasteiger partial charge in [0, 0.05) is 5.56 Å². The van der Waals surface area contributed by atoms with Crippen LogP contribution in [-0.4, -0.2) is 29.7 Å². The Morgan fingerprint density at radius 2 is 1.95 bits per heavy atom. The molecule has 0 spiro atoms. The quantitative estimate of drug-likeness (QED) is 0.783. The third-order valence-electron chi connectivity index (χ3n) is 2.65. The SMILES string of the molecule is CCCOc1ccc(-c2cncc(C(=O)OC)n2)cc1. The van der Waals surface area contributed by atoms with E-state index in [1.54, 1.807) is 6.20 Å². The molecule has 0 saturated heterocycles. The standard InChI is InChI=1S/C15H16N2O3/c1-3-8-20-12-6-4-11(5-7-12)13-9-16-10-14(17-13)15(18)19-2/h4-7,9-10H,3,8H2,1-2H3. The minimum absolute atomic E-state index is 0.191. The molecule has 1 aromatic carbocycles. The molecule has 1 heterocycles. The van der Waals surface area contributed by atoms with Crippen LogP contribution in [-0.2, 0) is 4.74 Å². The van der Waals surface area contributed by atoms with Crippen molar-refractivity contribution in [3.05, 3.63) is 42.4 Å². The molecule has 5 nitrogen and oxygen atoms in total. The van der Waals surface area contributed by atoms with Crippen LogP contribution in [0.15, 0.2) is 36.7 Å². The highest BCUT2D eigenvalue weighted by atomic mass is 16.5. The zero-order chi connectivity index (χ0) is 14.4. The Morgan fingerprint density at radius 1 is 1.20 bits per heavy atom. The molecule has 0 radical (unpaired) electrons. The van der Waals surface area contributed by atoms with E-state index in [4.69, 9.17) is 4.74 Å². The summed E-state index contributed by atoms with van der Waals surface area (Å²) >= 11 is 0. The maximum Gasteiger partial charge on any atom is 0.358 e. The van der Waals surface area contributed by atoms with Crippen LogP contribution in [0, 0.1) is 0 Å². The molecule has 2 rings (SSSR count). The first kappa shape index (κ1) is 14.0. The monoisotopic (exact) mass is 272 g/mol. The molecule has 0 amide bonds. The summed E-state index contributed by atoms with van der Waals surface area (Å²) in [5.74, 6) is 0.315. The number of aromatic nitrogens is 2. The highest BCUT2D eigenvalue weighted by Crippen LogP contribution is 2.20. The van der Waals surface area contributed by atoms with Crippen molar-refractivity contribution < 1.29 is 14.3 Å². The summed E-state index contributed by atoms with van der Waals surface area (Å²) in [5.41, 5.74) is 1.68. The molecule has 0 aliphatic carbocycles. The summed E-state index contributed by atoms with van der Waals surface area (Å²) in [6.07, 6.45) is 3.96. The molecule has 104 valence electrons. The van der Waals surface area contributed by atoms with Gasteiger partial charge in [0.05, 0.1) is 31.8 Å². The fraction of sp³-hybridized carbons (Fsp3) is 0.267. The molecule has 20 heavy (non-hydrogen) atoms. The molecule has 2 aromatic rings. The van der Waals surface area contributed by atoms with Gasteiger partial charge in [0.25, 0.3) is 0 Å². The topological polar surface area (TPSA) is 61.3 Å². The van der Waals surface area contributed by atoms with E-state index in [2.05, 4.69) is 21.6 Å². The predicted molar refractivity (Wildman–Crippen MR) is 74.6 cm³/mol. The van der Waals surface area contributed by atoms with E-state index in [-0.39, 0.29) is 5.69 Å². The lowest BCUT2D eigenvalue weighted by Crippen LogP contribution is -2.05. The van der Waals surface area contributed by atoms with E-state index >= 15 is 0 Å². The van der Waals surface area contributed by atoms with Gasteiger partial charge in [0.15, 0.2) is 5.69 Å². The third-order valence-corrected chi connectivity index (χ3v) is 2.65. The number of nitrogens with zero attached hydrogens (tertiary/aromatic N) is 2. The minimum atomic E-state index is -0.498. The van der Waals surface area contributed by atoms with Crippen LogP contribution >= 0.6 is 0 Å². The van der Waals surface area contributed by atoms with Crippen LogP contribution in [0.5, 0.6) is 5.75 Å². The van der Waals surface area contributed by atoms with Crippen molar-refractivity contribution in [3.8, 4) is 17.0 Å². The number of hydrogen-bond donors (Lipinski definition) is 0. The van der Waals surface area contributed by atoms with Gasteiger partial charge in [-0.3, -0.25) is 4.98 Å². The van der Waals surface area contributed by atoms with E-state index < -0.39 is 5.97 Å². The summed E-state index contributed by atoms with van der Waals surface area (Å²) in [5, 5.41) is 0. The normalized spacial score (nSPS) is 10.1. The highest BCUT2D eigenvalue weighted by Gasteiger charge is 2.09. The zero-order valence-electron chi connectivity index (χ0n) is 11.5. The number of esters is 1. The van der Waals surface area contributed by atoms with Crippen molar-refractivity contribution in [2.45, 2.75) is 13.3 Å². The second-order valence-electron chi connectivity index (χ2n) is 4.15. The fourth-order valence-corrected chi connectivity index (χ4v) is 1.65. The number of rotatable bonds is 5. The first-order valence-electron chi connectivity index (χ1n) is 6.38. The van der Waals surface area contributed by atoms with Gasteiger partial charge < -0.3 is 9.47 Å². The summed E-state index contributed by atoms with van der Waals surface area (Å²) in [7, 11) is 1.32. The van der Waals surface area contributed by atoms with E-state index in [1.807, 2.05) is 24.3 Å². The Kier molecular flexibility index (Phi) is 4.65. The third kappa shape index (κ3) is 3.32. The first-order chi connectivity index (χ1) is 9.74. The number of hydrogen-bond acceptors (Lipinski definition) is 5. The molecular weight excluding hydrogens is 256 g/mol. The number of ether oxygens (including phenoxy) is 2. The summed E-state index contributed by atoms with van der Waals surface area (Å²) < 4.78 is 10.1. The van der Waals surface area contributed by atoms with E-state index in [9.17, 15) is 4.79 Å². The number of methoxy groups -OCH3 is 1. The molecule has 0 saturated carbocycles. The van der Waals surface area contributed by atoms with E-state index in [1.165, 1.54) is 13.3 Å². The lowest BCUT2D eigenvalue weighted by Gasteiger charge is -2.06. The van der Waals surface area contributed by atoms with Gasteiger partial charge in [-0.1, -0.05) is 6.92 Å². The molecule has 0 unspecified atom stereocenters. The minimum Gasteiger partial charge on any atom is -0.494 e. The second-order valence-corrected chi connectivity index (χ2v) is 4.15. The average molecular weight is 272 g/mol. The van der Waals surface area contributed by atoms with Gasteiger partial charge in [0.1, 0.15) is 5.75 Å². The predicted octanol–water partition coefficient (Wildman–Crippen LogP) is 2.72. The number of carbonyl (C=O) groups excluding carboxylic acids is 1. The van der Waals surface area contributed by atoms with Gasteiger partial charge in [0.2, 0.25) is 0 Å². The smallest absolute Gasteiger partial charge is 0.358 e. The van der Waals surface area contributed by atoms with Gasteiger partial charge in [-0.15, -0.1) is 0 Å². The van der Waals surface area contributed by atoms with Crippen LogP contribution in [0.25, 0.3) is 11.3 Å². The molecule has 0 fully saturated rings. The summed E-state index contributed by atoms with van der Waals surface area (Å²) in [6.45, 7) is 2.75. The Labute approximate surface area is 117 Å². The van der Waals surface area contributed by atoms with Crippen LogP contribution in [0.3, 0.4) is 0 Å². The Balaban J connectivity index is 2.21. The van der Waals surface area contributed by atoms with Crippen molar-refractivity contribution in [1.29, 1.82) is 0 Å². The zero-order valence-corrected chi connectivity index (χ0v) is 11.5. The van der Waals surface area contributed by atoms with Crippen LogP contribution in [0.1, 0.15) is 23.8 Å². The van der Waals surface area contributed by atoms with Crippen LogP contribution in [0.2, 0.25) is 0 Å². The number of benzene rings is 1. The number of carbonyl (C=O) groups is 1. The molecule has 5 heteroatoms. The molecular formula is C15H16N2O3. The lowest BCUT2D eigenvalue weighted by atomic mass is 10.1. The lowest BCUT2D eigenvalue weighted by molar-refractivity contribution is 0.0593. The highest BCUT2D eigenvalue weighted by molar-refractivity contribution is 5.87. The maximum absolute atomic E-state index is 11.4. The molecule has 0 atom stereocenters.